The van der Waals surface area contributed by atoms with E-state index in [0.29, 0.717) is 38.4 Å². The molecule has 0 heterocycles. The van der Waals surface area contributed by atoms with Gasteiger partial charge in [-0.05, 0) is 32.6 Å². The molecule has 1 amide bonds. The van der Waals surface area contributed by atoms with Gasteiger partial charge >= 0.3 is 5.97 Å². The van der Waals surface area contributed by atoms with Crippen molar-refractivity contribution in [3.63, 3.8) is 0 Å². The molecule has 0 aliphatic rings. The van der Waals surface area contributed by atoms with Gasteiger partial charge in [0.05, 0.1) is 6.61 Å². The van der Waals surface area contributed by atoms with Gasteiger partial charge in [0.15, 0.2) is 0 Å². The van der Waals surface area contributed by atoms with Gasteiger partial charge in [0, 0.05) is 30.9 Å². The second-order valence-corrected chi connectivity index (χ2v) is 8.11. The van der Waals surface area contributed by atoms with Gasteiger partial charge in [-0.25, -0.2) is 0 Å². The van der Waals surface area contributed by atoms with Gasteiger partial charge in [0.25, 0.3) is 0 Å². The maximum atomic E-state index is 12.2. The SMILES string of the molecule is CCC(N)(CCC(=O)OCC(C)C)OCCC(C)(C)C(=O)NC(C)C. The predicted octanol–water partition coefficient (Wildman–Crippen LogP) is 2.99. The third kappa shape index (κ3) is 10.4. The van der Waals surface area contributed by atoms with Crippen LogP contribution in [0.5, 0.6) is 0 Å². The number of hydrogen-bond acceptors (Lipinski definition) is 5. The molecule has 0 aliphatic heterocycles. The molecular weight excluding hydrogens is 320 g/mol. The molecule has 1 atom stereocenters. The quantitative estimate of drug-likeness (QED) is 0.413. The molecule has 0 aromatic carbocycles. The Balaban J connectivity index is 4.37. The van der Waals surface area contributed by atoms with E-state index >= 15 is 0 Å². The first-order valence-corrected chi connectivity index (χ1v) is 9.31. The number of carbonyl (C=O) groups is 2. The van der Waals surface area contributed by atoms with Gasteiger partial charge in [-0.3, -0.25) is 9.59 Å². The minimum atomic E-state index is -0.874. The summed E-state index contributed by atoms with van der Waals surface area (Å²) in [5.41, 5.74) is 4.85. The second-order valence-electron chi connectivity index (χ2n) is 8.11. The Morgan fingerprint density at radius 1 is 1.12 bits per heavy atom. The van der Waals surface area contributed by atoms with Crippen LogP contribution in [0.1, 0.15) is 74.1 Å². The van der Waals surface area contributed by atoms with E-state index in [4.69, 9.17) is 15.2 Å². The molecule has 0 fully saturated rings. The van der Waals surface area contributed by atoms with Gasteiger partial charge in [0.1, 0.15) is 5.72 Å². The topological polar surface area (TPSA) is 90.7 Å². The van der Waals surface area contributed by atoms with Crippen LogP contribution in [-0.2, 0) is 19.1 Å². The first kappa shape index (κ1) is 23.9. The number of hydrogen-bond donors (Lipinski definition) is 2. The monoisotopic (exact) mass is 358 g/mol. The minimum Gasteiger partial charge on any atom is -0.465 e. The van der Waals surface area contributed by atoms with Gasteiger partial charge in [-0.15, -0.1) is 0 Å². The Morgan fingerprint density at radius 2 is 1.72 bits per heavy atom. The largest absolute Gasteiger partial charge is 0.465 e. The second kappa shape index (κ2) is 10.8. The van der Waals surface area contributed by atoms with Crippen LogP contribution in [0.2, 0.25) is 0 Å². The average molecular weight is 359 g/mol. The molecule has 6 heteroatoms. The van der Waals surface area contributed by atoms with Crippen molar-refractivity contribution >= 4 is 11.9 Å². The van der Waals surface area contributed by atoms with Crippen LogP contribution in [0.15, 0.2) is 0 Å². The molecule has 0 radical (unpaired) electrons. The van der Waals surface area contributed by atoms with Crippen molar-refractivity contribution in [2.75, 3.05) is 13.2 Å². The summed E-state index contributed by atoms with van der Waals surface area (Å²) in [6, 6.07) is 0.105. The standard InChI is InChI=1S/C19H38N2O4/c1-8-19(20,10-9-16(22)24-13-14(2)3)25-12-11-18(6,7)17(23)21-15(4)5/h14-15H,8-13,20H2,1-7H3,(H,21,23). The van der Waals surface area contributed by atoms with E-state index in [0.717, 1.165) is 0 Å². The molecular formula is C19H38N2O4. The van der Waals surface area contributed by atoms with Crippen LogP contribution in [0.4, 0.5) is 0 Å². The lowest BCUT2D eigenvalue weighted by molar-refractivity contribution is -0.147. The molecule has 148 valence electrons. The molecule has 0 saturated carbocycles. The van der Waals surface area contributed by atoms with Crippen molar-refractivity contribution in [2.24, 2.45) is 17.1 Å². The molecule has 1 unspecified atom stereocenters. The van der Waals surface area contributed by atoms with Crippen molar-refractivity contribution in [1.82, 2.24) is 5.32 Å². The molecule has 0 spiro atoms. The van der Waals surface area contributed by atoms with E-state index in [2.05, 4.69) is 5.32 Å². The summed E-state index contributed by atoms with van der Waals surface area (Å²) < 4.78 is 11.0. The number of rotatable bonds is 12. The van der Waals surface area contributed by atoms with Gasteiger partial charge in [0.2, 0.25) is 5.91 Å². The zero-order chi connectivity index (χ0) is 19.7. The van der Waals surface area contributed by atoms with E-state index in [-0.39, 0.29) is 24.3 Å². The van der Waals surface area contributed by atoms with E-state index in [1.54, 1.807) is 0 Å². The maximum Gasteiger partial charge on any atom is 0.305 e. The fraction of sp³-hybridized carbons (Fsp3) is 0.895. The molecule has 0 saturated heterocycles. The minimum absolute atomic E-state index is 0.00230. The first-order valence-electron chi connectivity index (χ1n) is 9.31. The lowest BCUT2D eigenvalue weighted by Gasteiger charge is -2.31. The molecule has 0 aromatic heterocycles. The fourth-order valence-corrected chi connectivity index (χ4v) is 2.08. The first-order chi connectivity index (χ1) is 11.4. The van der Waals surface area contributed by atoms with Crippen LogP contribution in [0.3, 0.4) is 0 Å². The maximum absolute atomic E-state index is 12.2. The summed E-state index contributed by atoms with van der Waals surface area (Å²) in [6.45, 7) is 14.3. The van der Waals surface area contributed by atoms with Crippen LogP contribution in [-0.4, -0.2) is 36.9 Å². The van der Waals surface area contributed by atoms with Crippen molar-refractivity contribution in [1.29, 1.82) is 0 Å². The predicted molar refractivity (Wildman–Crippen MR) is 99.9 cm³/mol. The number of esters is 1. The Hall–Kier alpha value is -1.14. The number of ether oxygens (including phenoxy) is 2. The highest BCUT2D eigenvalue weighted by Crippen LogP contribution is 2.24. The zero-order valence-electron chi connectivity index (χ0n) is 17.1. The normalized spacial score (nSPS) is 14.5. The van der Waals surface area contributed by atoms with E-state index in [9.17, 15) is 9.59 Å². The Kier molecular flexibility index (Phi) is 10.3. The Bertz CT molecular complexity index is 422. The highest BCUT2D eigenvalue weighted by molar-refractivity contribution is 5.81. The average Bonchev–Trinajstić information content (AvgIpc) is 2.50. The molecule has 6 nitrogen and oxygen atoms in total. The lowest BCUT2D eigenvalue weighted by Crippen LogP contribution is -2.45. The van der Waals surface area contributed by atoms with Crippen molar-refractivity contribution < 1.29 is 19.1 Å². The van der Waals surface area contributed by atoms with Crippen LogP contribution in [0, 0.1) is 11.3 Å². The molecule has 3 N–H and O–H groups in total. The molecule has 0 aromatic rings. The molecule has 0 rings (SSSR count). The number of nitrogens with two attached hydrogens (primary N) is 1. The van der Waals surface area contributed by atoms with Crippen molar-refractivity contribution in [3.8, 4) is 0 Å². The van der Waals surface area contributed by atoms with E-state index in [1.807, 2.05) is 48.5 Å². The van der Waals surface area contributed by atoms with Gasteiger partial charge < -0.3 is 20.5 Å². The number of carbonyl (C=O) groups excluding carboxylic acids is 2. The van der Waals surface area contributed by atoms with Crippen molar-refractivity contribution in [3.05, 3.63) is 0 Å². The third-order valence-corrected chi connectivity index (χ3v) is 4.08. The van der Waals surface area contributed by atoms with E-state index < -0.39 is 11.1 Å². The number of amides is 1. The highest BCUT2D eigenvalue weighted by Gasteiger charge is 2.30. The van der Waals surface area contributed by atoms with Crippen LogP contribution in [0.25, 0.3) is 0 Å². The summed E-state index contributed by atoms with van der Waals surface area (Å²) in [4.78, 5) is 23.9. The molecule has 0 aliphatic carbocycles. The summed E-state index contributed by atoms with van der Waals surface area (Å²) in [5, 5.41) is 2.92. The summed E-state index contributed by atoms with van der Waals surface area (Å²) in [7, 11) is 0. The summed E-state index contributed by atoms with van der Waals surface area (Å²) in [6.07, 6.45) is 1.78. The smallest absolute Gasteiger partial charge is 0.305 e. The zero-order valence-corrected chi connectivity index (χ0v) is 17.1. The van der Waals surface area contributed by atoms with Gasteiger partial charge in [-0.2, -0.15) is 0 Å². The van der Waals surface area contributed by atoms with E-state index in [1.165, 1.54) is 0 Å². The lowest BCUT2D eigenvalue weighted by atomic mass is 9.88. The highest BCUT2D eigenvalue weighted by atomic mass is 16.5. The third-order valence-electron chi connectivity index (χ3n) is 4.08. The Labute approximate surface area is 153 Å². The van der Waals surface area contributed by atoms with Crippen LogP contribution < -0.4 is 11.1 Å². The summed E-state index contributed by atoms with van der Waals surface area (Å²) in [5.74, 6) is 0.0629. The number of nitrogens with one attached hydrogen (secondary N) is 1. The fourth-order valence-electron chi connectivity index (χ4n) is 2.08. The van der Waals surface area contributed by atoms with Crippen LogP contribution >= 0.6 is 0 Å². The molecule has 0 bridgehead atoms. The summed E-state index contributed by atoms with van der Waals surface area (Å²) >= 11 is 0. The Morgan fingerprint density at radius 3 is 2.20 bits per heavy atom. The van der Waals surface area contributed by atoms with Crippen molar-refractivity contribution in [2.45, 2.75) is 85.9 Å². The molecule has 25 heavy (non-hydrogen) atoms. The van der Waals surface area contributed by atoms with Gasteiger partial charge in [-0.1, -0.05) is 34.6 Å².